The van der Waals surface area contributed by atoms with Crippen molar-refractivity contribution in [1.82, 2.24) is 0 Å². The minimum atomic E-state index is 0.286. The van der Waals surface area contributed by atoms with Crippen molar-refractivity contribution in [2.45, 2.75) is 13.2 Å². The molecule has 0 aromatic heterocycles. The highest BCUT2D eigenvalue weighted by Crippen LogP contribution is 2.39. The molecule has 0 aliphatic rings. The number of hydrogen-bond acceptors (Lipinski definition) is 4. The van der Waals surface area contributed by atoms with E-state index < -0.39 is 0 Å². The van der Waals surface area contributed by atoms with Crippen LogP contribution in [0.2, 0.25) is 0 Å². The van der Waals surface area contributed by atoms with Crippen LogP contribution in [-0.4, -0.2) is 6.29 Å². The van der Waals surface area contributed by atoms with Crippen molar-refractivity contribution in [2.24, 2.45) is 0 Å². The van der Waals surface area contributed by atoms with Gasteiger partial charge in [-0.3, -0.25) is 4.79 Å². The standard InChI is InChI=1S/C47H35NO3/c49-31-41-27-37-14-9-10-15-38(37)28-42(41)33-50-24-23-35-25-40-20-22-45(30-46(40)47(26-35)51-32-34-11-3-1-4-12-34)48(43-17-5-2-6-18-43)44-21-19-36-13-7-8-16-39(36)29-44/h1-31H,32-33H2. The molecule has 0 atom stereocenters. The molecule has 0 fully saturated rings. The molecule has 0 bridgehead atoms. The molecule has 0 aliphatic heterocycles. The predicted octanol–water partition coefficient (Wildman–Crippen LogP) is 12.2. The maximum Gasteiger partial charge on any atom is 0.150 e. The Bertz CT molecular complexity index is 2510. The number of para-hydroxylation sites is 1. The molecule has 0 saturated carbocycles. The molecular formula is C47H35NO3. The second-order valence-electron chi connectivity index (χ2n) is 12.5. The second-order valence-corrected chi connectivity index (χ2v) is 12.5. The Labute approximate surface area is 297 Å². The van der Waals surface area contributed by atoms with Crippen LogP contribution in [0.25, 0.3) is 38.4 Å². The van der Waals surface area contributed by atoms with Gasteiger partial charge in [0.2, 0.25) is 0 Å². The Balaban J connectivity index is 1.14. The van der Waals surface area contributed by atoms with E-state index >= 15 is 0 Å². The molecule has 0 N–H and O–H groups in total. The molecule has 0 spiro atoms. The topological polar surface area (TPSA) is 38.8 Å². The highest BCUT2D eigenvalue weighted by molar-refractivity contribution is 5.96. The van der Waals surface area contributed by atoms with Gasteiger partial charge in [-0.1, -0.05) is 109 Å². The third-order valence-electron chi connectivity index (χ3n) is 9.15. The van der Waals surface area contributed by atoms with Crippen LogP contribution < -0.4 is 9.64 Å². The molecular weight excluding hydrogens is 627 g/mol. The van der Waals surface area contributed by atoms with Crippen LogP contribution in [0.4, 0.5) is 17.1 Å². The molecule has 8 aromatic carbocycles. The van der Waals surface area contributed by atoms with E-state index in [4.69, 9.17) is 9.47 Å². The van der Waals surface area contributed by atoms with Gasteiger partial charge in [0, 0.05) is 33.6 Å². The summed E-state index contributed by atoms with van der Waals surface area (Å²) in [5, 5.41) is 6.56. The lowest BCUT2D eigenvalue weighted by Crippen LogP contribution is -2.10. The minimum absolute atomic E-state index is 0.286. The zero-order valence-corrected chi connectivity index (χ0v) is 28.0. The third-order valence-corrected chi connectivity index (χ3v) is 9.15. The Morgan fingerprint density at radius 2 is 1.14 bits per heavy atom. The van der Waals surface area contributed by atoms with Crippen molar-refractivity contribution in [2.75, 3.05) is 4.90 Å². The van der Waals surface area contributed by atoms with Gasteiger partial charge in [0.05, 0.1) is 6.26 Å². The summed E-state index contributed by atoms with van der Waals surface area (Å²) in [4.78, 5) is 14.1. The fraction of sp³-hybridized carbons (Fsp3) is 0.0426. The van der Waals surface area contributed by atoms with Crippen LogP contribution in [0.3, 0.4) is 0 Å². The fourth-order valence-corrected chi connectivity index (χ4v) is 6.57. The van der Waals surface area contributed by atoms with E-state index in [2.05, 4.69) is 114 Å². The Morgan fingerprint density at radius 3 is 1.88 bits per heavy atom. The highest BCUT2D eigenvalue weighted by Gasteiger charge is 2.15. The first-order chi connectivity index (χ1) is 25.2. The van der Waals surface area contributed by atoms with Crippen molar-refractivity contribution in [3.8, 4) is 5.75 Å². The second kappa shape index (κ2) is 14.5. The van der Waals surface area contributed by atoms with Crippen molar-refractivity contribution in [1.29, 1.82) is 0 Å². The molecule has 0 aliphatic carbocycles. The number of ether oxygens (including phenoxy) is 2. The number of rotatable bonds is 11. The van der Waals surface area contributed by atoms with Crippen molar-refractivity contribution in [3.05, 3.63) is 198 Å². The van der Waals surface area contributed by atoms with Gasteiger partial charge in [0.25, 0.3) is 0 Å². The summed E-state index contributed by atoms with van der Waals surface area (Å²) in [6.45, 7) is 0.723. The summed E-state index contributed by atoms with van der Waals surface area (Å²) in [5.41, 5.74) is 6.69. The molecule has 0 radical (unpaired) electrons. The van der Waals surface area contributed by atoms with Gasteiger partial charge in [-0.15, -0.1) is 0 Å². The lowest BCUT2D eigenvalue weighted by molar-refractivity contribution is 0.112. The van der Waals surface area contributed by atoms with E-state index in [1.165, 1.54) is 10.8 Å². The average molecular weight is 662 g/mol. The quantitative estimate of drug-likeness (QED) is 0.102. The highest BCUT2D eigenvalue weighted by atomic mass is 16.5. The lowest BCUT2D eigenvalue weighted by Gasteiger charge is -2.26. The van der Waals surface area contributed by atoms with Gasteiger partial charge in [-0.2, -0.15) is 0 Å². The largest absolute Gasteiger partial charge is 0.496 e. The number of benzene rings is 8. The van der Waals surface area contributed by atoms with Crippen LogP contribution in [-0.2, 0) is 18.0 Å². The van der Waals surface area contributed by atoms with Crippen LogP contribution in [0.5, 0.6) is 5.75 Å². The number of anilines is 3. The summed E-state index contributed by atoms with van der Waals surface area (Å²) < 4.78 is 12.6. The maximum atomic E-state index is 11.8. The Kier molecular flexibility index (Phi) is 8.96. The SMILES string of the molecule is O=Cc1cc2ccccc2cc1COC=Cc1cc(OCc2ccccc2)c2cc(N(c3ccccc3)c3ccc4ccccc4c3)ccc2c1. The van der Waals surface area contributed by atoms with Crippen LogP contribution in [0.1, 0.15) is 27.0 Å². The van der Waals surface area contributed by atoms with E-state index in [-0.39, 0.29) is 6.61 Å². The minimum Gasteiger partial charge on any atom is -0.496 e. The third kappa shape index (κ3) is 6.94. The van der Waals surface area contributed by atoms with Gasteiger partial charge in [0.15, 0.2) is 0 Å². The zero-order chi connectivity index (χ0) is 34.4. The van der Waals surface area contributed by atoms with Gasteiger partial charge in [0.1, 0.15) is 25.2 Å². The summed E-state index contributed by atoms with van der Waals surface area (Å²) in [7, 11) is 0. The van der Waals surface area contributed by atoms with Crippen LogP contribution in [0.15, 0.2) is 176 Å². The zero-order valence-electron chi connectivity index (χ0n) is 28.0. The molecule has 0 heterocycles. The van der Waals surface area contributed by atoms with Gasteiger partial charge < -0.3 is 14.4 Å². The average Bonchev–Trinajstić information content (AvgIpc) is 3.19. The summed E-state index contributed by atoms with van der Waals surface area (Å²) in [5.74, 6) is 0.780. The molecule has 0 unspecified atom stereocenters. The van der Waals surface area contributed by atoms with E-state index in [0.29, 0.717) is 12.2 Å². The molecule has 8 aromatic rings. The number of carbonyl (C=O) groups is 1. The van der Waals surface area contributed by atoms with E-state index in [9.17, 15) is 4.79 Å². The van der Waals surface area contributed by atoms with Crippen molar-refractivity contribution < 1.29 is 14.3 Å². The lowest BCUT2D eigenvalue weighted by atomic mass is 10.0. The molecule has 8 rings (SSSR count). The summed E-state index contributed by atoms with van der Waals surface area (Å²) >= 11 is 0. The first-order valence-corrected chi connectivity index (χ1v) is 17.1. The summed E-state index contributed by atoms with van der Waals surface area (Å²) in [6.07, 6.45) is 4.52. The number of hydrogen-bond donors (Lipinski definition) is 0. The van der Waals surface area contributed by atoms with Crippen LogP contribution in [0, 0.1) is 0 Å². The van der Waals surface area contributed by atoms with E-state index in [1.807, 2.05) is 66.7 Å². The van der Waals surface area contributed by atoms with E-state index in [1.54, 1.807) is 6.26 Å². The predicted molar refractivity (Wildman–Crippen MR) is 210 cm³/mol. The molecule has 246 valence electrons. The fourth-order valence-electron chi connectivity index (χ4n) is 6.57. The van der Waals surface area contributed by atoms with Gasteiger partial charge in [-0.05, 0) is 105 Å². The van der Waals surface area contributed by atoms with Crippen molar-refractivity contribution in [3.63, 3.8) is 0 Å². The molecule has 0 amide bonds. The normalized spacial score (nSPS) is 11.3. The van der Waals surface area contributed by atoms with Crippen LogP contribution >= 0.6 is 0 Å². The Morgan fingerprint density at radius 1 is 0.510 bits per heavy atom. The van der Waals surface area contributed by atoms with E-state index in [0.717, 1.165) is 67.3 Å². The molecule has 51 heavy (non-hydrogen) atoms. The smallest absolute Gasteiger partial charge is 0.150 e. The summed E-state index contributed by atoms with van der Waals surface area (Å²) in [6, 6.07) is 58.4. The number of nitrogens with zero attached hydrogens (tertiary/aromatic N) is 1. The Hall–Kier alpha value is -6.65. The number of aldehydes is 1. The number of carbonyl (C=O) groups excluding carboxylic acids is 1. The number of fused-ring (bicyclic) bond motifs is 3. The molecule has 0 saturated heterocycles. The molecule has 4 nitrogen and oxygen atoms in total. The van der Waals surface area contributed by atoms with Crippen molar-refractivity contribution >= 4 is 61.7 Å². The maximum absolute atomic E-state index is 11.8. The molecule has 4 heteroatoms. The monoisotopic (exact) mass is 661 g/mol. The first-order valence-electron chi connectivity index (χ1n) is 17.1. The van der Waals surface area contributed by atoms with Gasteiger partial charge in [-0.25, -0.2) is 0 Å². The first kappa shape index (κ1) is 31.6. The van der Waals surface area contributed by atoms with Gasteiger partial charge >= 0.3 is 0 Å².